The lowest BCUT2D eigenvalue weighted by Gasteiger charge is -2.42. The number of alkyl halides is 3. The van der Waals surface area contributed by atoms with Gasteiger partial charge in [0.25, 0.3) is 0 Å². The lowest BCUT2D eigenvalue weighted by molar-refractivity contribution is -0.176. The molecule has 13 heteroatoms. The van der Waals surface area contributed by atoms with Gasteiger partial charge in [0.15, 0.2) is 0 Å². The first kappa shape index (κ1) is 27.3. The maximum absolute atomic E-state index is 13.5. The van der Waals surface area contributed by atoms with Crippen LogP contribution in [0.5, 0.6) is 0 Å². The normalized spacial score (nSPS) is 18.6. The Morgan fingerprint density at radius 2 is 1.79 bits per heavy atom. The minimum absolute atomic E-state index is 0.0136. The highest BCUT2D eigenvalue weighted by Gasteiger charge is 2.41. The predicted molar refractivity (Wildman–Crippen MR) is 137 cm³/mol. The summed E-state index contributed by atoms with van der Waals surface area (Å²) in [7, 11) is -2.29. The average molecular weight is 565 g/mol. The van der Waals surface area contributed by atoms with Gasteiger partial charge in [-0.1, -0.05) is 6.92 Å². The third kappa shape index (κ3) is 5.30. The molecule has 0 aliphatic carbocycles. The number of fused-ring (bicyclic) bond motifs is 1. The number of hydrogen-bond acceptors (Lipinski definition) is 5. The Labute approximate surface area is 223 Å². The second kappa shape index (κ2) is 10.0. The standard InChI is InChI=1S/C26H28F4N6O2S/c1-17-10-24-19(12-32-36(24)21-6-4-20(27)5-7-21)11-23(17)25-16-35(39(37,38)22-13-31-33(3)15-22)9-8-34(25)14-18(2)26(28,29)30/h4-7,10-13,15,18,25H,8-9,14,16H2,1-3H3/t18?,25-/m0/s1. The molecule has 0 bridgehead atoms. The molecule has 0 spiro atoms. The molecule has 1 aliphatic heterocycles. The summed E-state index contributed by atoms with van der Waals surface area (Å²) in [5.74, 6) is -1.96. The van der Waals surface area contributed by atoms with Crippen LogP contribution in [0.3, 0.4) is 0 Å². The molecule has 208 valence electrons. The number of hydrogen-bond donors (Lipinski definition) is 0. The lowest BCUT2D eigenvalue weighted by atomic mass is 9.95. The minimum Gasteiger partial charge on any atom is -0.293 e. The maximum Gasteiger partial charge on any atom is 0.392 e. The number of benzene rings is 2. The number of aromatic nitrogens is 4. The van der Waals surface area contributed by atoms with E-state index >= 15 is 0 Å². The van der Waals surface area contributed by atoms with Crippen molar-refractivity contribution in [3.05, 3.63) is 71.9 Å². The van der Waals surface area contributed by atoms with Gasteiger partial charge >= 0.3 is 6.18 Å². The van der Waals surface area contributed by atoms with E-state index in [1.54, 1.807) is 35.0 Å². The lowest BCUT2D eigenvalue weighted by Crippen LogP contribution is -2.52. The van der Waals surface area contributed by atoms with Crippen LogP contribution in [0.15, 0.2) is 59.9 Å². The second-order valence-electron chi connectivity index (χ2n) is 9.97. The van der Waals surface area contributed by atoms with Gasteiger partial charge in [-0.15, -0.1) is 0 Å². The third-order valence-corrected chi connectivity index (χ3v) is 9.04. The Hall–Kier alpha value is -3.29. The van der Waals surface area contributed by atoms with Gasteiger partial charge in [-0.3, -0.25) is 9.58 Å². The zero-order valence-corrected chi connectivity index (χ0v) is 22.4. The Bertz CT molecular complexity index is 1600. The number of halogens is 4. The topological polar surface area (TPSA) is 76.3 Å². The molecule has 2 aromatic heterocycles. The SMILES string of the molecule is Cc1cc2c(cnn2-c2ccc(F)cc2)cc1[C@@H]1CN(S(=O)(=O)c2cnn(C)c2)CCN1CC(C)C(F)(F)F. The third-order valence-electron chi connectivity index (χ3n) is 7.23. The van der Waals surface area contributed by atoms with Gasteiger partial charge in [-0.2, -0.15) is 27.7 Å². The fraction of sp³-hybridized carbons (Fsp3) is 0.385. The van der Waals surface area contributed by atoms with Gasteiger partial charge in [0.2, 0.25) is 10.0 Å². The summed E-state index contributed by atoms with van der Waals surface area (Å²) in [6.07, 6.45) is -0.0662. The molecule has 5 rings (SSSR count). The molecule has 8 nitrogen and oxygen atoms in total. The van der Waals surface area contributed by atoms with Crippen LogP contribution in [-0.4, -0.2) is 69.5 Å². The van der Waals surface area contributed by atoms with Gasteiger partial charge in [-0.05, 0) is 54.4 Å². The van der Waals surface area contributed by atoms with Crippen molar-refractivity contribution >= 4 is 20.9 Å². The Morgan fingerprint density at radius 3 is 2.44 bits per heavy atom. The summed E-state index contributed by atoms with van der Waals surface area (Å²) in [5.41, 5.74) is 2.91. The number of sulfonamides is 1. The molecule has 4 aromatic rings. The molecule has 0 amide bonds. The highest BCUT2D eigenvalue weighted by Crippen LogP contribution is 2.36. The van der Waals surface area contributed by atoms with E-state index in [-0.39, 0.29) is 36.9 Å². The highest BCUT2D eigenvalue weighted by molar-refractivity contribution is 7.89. The van der Waals surface area contributed by atoms with Crippen LogP contribution in [-0.2, 0) is 17.1 Å². The monoisotopic (exact) mass is 564 g/mol. The van der Waals surface area contributed by atoms with E-state index in [4.69, 9.17) is 0 Å². The molecule has 0 radical (unpaired) electrons. The molecular weight excluding hydrogens is 536 g/mol. The van der Waals surface area contributed by atoms with E-state index in [0.29, 0.717) is 5.69 Å². The molecule has 1 unspecified atom stereocenters. The van der Waals surface area contributed by atoms with Gasteiger partial charge < -0.3 is 0 Å². The summed E-state index contributed by atoms with van der Waals surface area (Å²) in [4.78, 5) is 1.75. The number of rotatable bonds is 6. The van der Waals surface area contributed by atoms with Gasteiger partial charge in [0.1, 0.15) is 10.7 Å². The van der Waals surface area contributed by atoms with Crippen LogP contribution in [0.1, 0.15) is 24.1 Å². The maximum atomic E-state index is 13.5. The van der Waals surface area contributed by atoms with Crippen molar-refractivity contribution in [1.82, 2.24) is 28.8 Å². The molecule has 0 N–H and O–H groups in total. The van der Waals surface area contributed by atoms with E-state index in [1.165, 1.54) is 33.5 Å². The van der Waals surface area contributed by atoms with E-state index in [0.717, 1.165) is 29.0 Å². The quantitative estimate of drug-likeness (QED) is 0.324. The van der Waals surface area contributed by atoms with E-state index in [9.17, 15) is 26.0 Å². The number of aryl methyl sites for hydroxylation is 2. The number of piperazine rings is 1. The first-order valence-electron chi connectivity index (χ1n) is 12.4. The summed E-state index contributed by atoms with van der Waals surface area (Å²) >= 11 is 0. The molecule has 1 aliphatic rings. The number of nitrogens with zero attached hydrogens (tertiary/aromatic N) is 6. The van der Waals surface area contributed by atoms with Crippen LogP contribution < -0.4 is 0 Å². The summed E-state index contributed by atoms with van der Waals surface area (Å²) < 4.78 is 85.1. The molecule has 1 fully saturated rings. The van der Waals surface area contributed by atoms with Crippen molar-refractivity contribution in [2.24, 2.45) is 13.0 Å². The molecule has 39 heavy (non-hydrogen) atoms. The van der Waals surface area contributed by atoms with Crippen molar-refractivity contribution in [3.8, 4) is 5.69 Å². The average Bonchev–Trinajstić information content (AvgIpc) is 3.50. The van der Waals surface area contributed by atoms with Crippen molar-refractivity contribution in [2.45, 2.75) is 31.0 Å². The summed E-state index contributed by atoms with van der Waals surface area (Å²) in [6.45, 7) is 2.90. The zero-order valence-electron chi connectivity index (χ0n) is 21.6. The fourth-order valence-corrected chi connectivity index (χ4v) is 6.43. The van der Waals surface area contributed by atoms with E-state index < -0.39 is 28.2 Å². The highest BCUT2D eigenvalue weighted by atomic mass is 32.2. The van der Waals surface area contributed by atoms with Crippen LogP contribution in [0.2, 0.25) is 0 Å². The largest absolute Gasteiger partial charge is 0.392 e. The van der Waals surface area contributed by atoms with Gasteiger partial charge in [0, 0.05) is 50.9 Å². The van der Waals surface area contributed by atoms with Crippen LogP contribution in [0.25, 0.3) is 16.6 Å². The molecule has 2 aromatic carbocycles. The first-order valence-corrected chi connectivity index (χ1v) is 13.8. The minimum atomic E-state index is -4.38. The fourth-order valence-electron chi connectivity index (χ4n) is 5.01. The van der Waals surface area contributed by atoms with E-state index in [2.05, 4.69) is 10.2 Å². The molecule has 1 saturated heterocycles. The van der Waals surface area contributed by atoms with Crippen molar-refractivity contribution in [1.29, 1.82) is 0 Å². The Balaban J connectivity index is 1.54. The van der Waals surface area contributed by atoms with Gasteiger partial charge in [-0.25, -0.2) is 17.5 Å². The molecule has 2 atom stereocenters. The van der Waals surface area contributed by atoms with Crippen molar-refractivity contribution in [3.63, 3.8) is 0 Å². The Kier molecular flexibility index (Phi) is 7.02. The van der Waals surface area contributed by atoms with Gasteiger partial charge in [0.05, 0.1) is 29.5 Å². The van der Waals surface area contributed by atoms with Crippen LogP contribution in [0.4, 0.5) is 17.6 Å². The zero-order chi connectivity index (χ0) is 28.1. The second-order valence-corrected chi connectivity index (χ2v) is 11.9. The summed E-state index contributed by atoms with van der Waals surface area (Å²) in [6, 6.07) is 9.00. The smallest absolute Gasteiger partial charge is 0.293 e. The first-order chi connectivity index (χ1) is 18.3. The van der Waals surface area contributed by atoms with Crippen molar-refractivity contribution < 1.29 is 26.0 Å². The molecule has 3 heterocycles. The summed E-state index contributed by atoms with van der Waals surface area (Å²) in [5, 5.41) is 9.13. The molecule has 0 saturated carbocycles. The van der Waals surface area contributed by atoms with E-state index in [1.807, 2.05) is 19.1 Å². The van der Waals surface area contributed by atoms with Crippen LogP contribution in [0, 0.1) is 18.7 Å². The molecular formula is C26H28F4N6O2S. The predicted octanol–water partition coefficient (Wildman–Crippen LogP) is 4.45. The Morgan fingerprint density at radius 1 is 1.08 bits per heavy atom. The van der Waals surface area contributed by atoms with Crippen LogP contribution >= 0.6 is 0 Å². The van der Waals surface area contributed by atoms with Crippen molar-refractivity contribution in [2.75, 3.05) is 26.2 Å².